The van der Waals surface area contributed by atoms with Gasteiger partial charge in [-0.1, -0.05) is 66.2 Å². The van der Waals surface area contributed by atoms with E-state index in [9.17, 15) is 44.6 Å². The summed E-state index contributed by atoms with van der Waals surface area (Å²) in [6.45, 7) is 4.04. The van der Waals surface area contributed by atoms with Crippen LogP contribution in [0.1, 0.15) is 11.1 Å². The molecule has 0 aromatic heterocycles. The second-order valence-electron chi connectivity index (χ2n) is 12.4. The molecule has 0 saturated heterocycles. The van der Waals surface area contributed by atoms with Crippen molar-refractivity contribution >= 4 is 104 Å². The van der Waals surface area contributed by atoms with Gasteiger partial charge in [0.15, 0.2) is 0 Å². The first-order valence-corrected chi connectivity index (χ1v) is 21.0. The topological polar surface area (TPSA) is 308 Å². The molecule has 14 N–H and O–H groups in total. The number of phenolic OH excluding ortho intramolecular Hbond substituents is 2. The number of hydrogen-bond donors (Lipinski definition) is 9. The zero-order valence-corrected chi connectivity index (χ0v) is 36.6. The van der Waals surface area contributed by atoms with Crippen molar-refractivity contribution in [3.8, 4) is 11.5 Å². The number of aryl methyl sites for hydroxylation is 2. The SMILES string of the molecule is Cc1ccc(N)cc1.Cc1ccccc1N.N.Nc1ccccc1.O=S(=O)(O)c1cc(O)c2c(NS(=O)(=O)c3ccc4cc(O)ccc4c3)ccc(S(=O)(=O)O)c2c1.[Na]. The van der Waals surface area contributed by atoms with Crippen LogP contribution in [0.15, 0.2) is 154 Å². The minimum Gasteiger partial charge on any atom is -0.508 e. The monoisotopic (exact) mass is 872 g/mol. The summed E-state index contributed by atoms with van der Waals surface area (Å²) in [5.74, 6) is -0.881. The number of sulfonamides is 1. The summed E-state index contributed by atoms with van der Waals surface area (Å²) in [6.07, 6.45) is 0. The molecule has 0 saturated carbocycles. The van der Waals surface area contributed by atoms with E-state index in [0.29, 0.717) is 22.9 Å². The molecular formula is C40H43N5NaO10S3. The average Bonchev–Trinajstić information content (AvgIpc) is 3.14. The van der Waals surface area contributed by atoms with Gasteiger partial charge in [-0.15, -0.1) is 0 Å². The van der Waals surface area contributed by atoms with E-state index in [1.54, 1.807) is 0 Å². The molecule has 1 radical (unpaired) electrons. The van der Waals surface area contributed by atoms with Crippen molar-refractivity contribution in [3.05, 3.63) is 151 Å². The Morgan fingerprint density at radius 2 is 1.12 bits per heavy atom. The Hall–Kier alpha value is -5.41. The van der Waals surface area contributed by atoms with E-state index in [1.165, 1.54) is 42.0 Å². The molecule has 0 aliphatic rings. The Balaban J connectivity index is 0.000000386. The first kappa shape index (κ1) is 49.7. The van der Waals surface area contributed by atoms with E-state index < -0.39 is 56.6 Å². The summed E-state index contributed by atoms with van der Waals surface area (Å²) < 4.78 is 93.7. The van der Waals surface area contributed by atoms with E-state index in [2.05, 4.69) is 4.72 Å². The fourth-order valence-electron chi connectivity index (χ4n) is 5.06. The average molecular weight is 873 g/mol. The second-order valence-corrected chi connectivity index (χ2v) is 16.9. The van der Waals surface area contributed by atoms with Gasteiger partial charge in [-0.3, -0.25) is 13.8 Å². The number of aromatic hydroxyl groups is 2. The molecule has 307 valence electrons. The predicted molar refractivity (Wildman–Crippen MR) is 234 cm³/mol. The molecule has 0 fully saturated rings. The normalized spacial score (nSPS) is 10.8. The summed E-state index contributed by atoms with van der Waals surface area (Å²) in [7, 11) is -14.1. The maximum Gasteiger partial charge on any atom is 0.295 e. The van der Waals surface area contributed by atoms with Crippen LogP contribution in [-0.2, 0) is 30.3 Å². The predicted octanol–water partition coefficient (Wildman–Crippen LogP) is 6.90. The summed E-state index contributed by atoms with van der Waals surface area (Å²) in [6, 6.07) is 36.5. The van der Waals surface area contributed by atoms with Crippen LogP contribution in [0.25, 0.3) is 21.5 Å². The van der Waals surface area contributed by atoms with Gasteiger partial charge in [0.1, 0.15) is 16.4 Å². The van der Waals surface area contributed by atoms with E-state index in [1.807, 2.05) is 92.7 Å². The molecule has 7 aromatic rings. The molecule has 15 nitrogen and oxygen atoms in total. The first-order chi connectivity index (χ1) is 26.7. The van der Waals surface area contributed by atoms with Crippen LogP contribution >= 0.6 is 0 Å². The van der Waals surface area contributed by atoms with Gasteiger partial charge in [-0.05, 0) is 103 Å². The van der Waals surface area contributed by atoms with Gasteiger partial charge >= 0.3 is 0 Å². The Bertz CT molecular complexity index is 2830. The van der Waals surface area contributed by atoms with Gasteiger partial charge in [-0.25, -0.2) is 8.42 Å². The molecular weight excluding hydrogens is 830 g/mol. The second kappa shape index (κ2) is 21.0. The number of nitrogens with two attached hydrogens (primary N) is 3. The van der Waals surface area contributed by atoms with Gasteiger partial charge in [0.2, 0.25) is 0 Å². The number of phenols is 2. The molecule has 7 rings (SSSR count). The van der Waals surface area contributed by atoms with Gasteiger partial charge in [0.25, 0.3) is 30.3 Å². The Kier molecular flexibility index (Phi) is 17.7. The van der Waals surface area contributed by atoms with Crippen molar-refractivity contribution in [2.24, 2.45) is 0 Å². The zero-order valence-electron chi connectivity index (χ0n) is 32.2. The minimum atomic E-state index is -4.93. The fourth-order valence-corrected chi connectivity index (χ4v) is 7.37. The number of hydrogen-bond acceptors (Lipinski definition) is 12. The van der Waals surface area contributed by atoms with Crippen LogP contribution < -0.4 is 28.1 Å². The molecule has 0 aliphatic heterocycles. The van der Waals surface area contributed by atoms with Gasteiger partial charge in [-0.2, -0.15) is 16.8 Å². The van der Waals surface area contributed by atoms with E-state index >= 15 is 0 Å². The third-order valence-electron chi connectivity index (χ3n) is 8.02. The van der Waals surface area contributed by atoms with Gasteiger partial charge in [0.05, 0.1) is 15.5 Å². The summed E-state index contributed by atoms with van der Waals surface area (Å²) >= 11 is 0. The smallest absolute Gasteiger partial charge is 0.295 e. The quantitative estimate of drug-likeness (QED) is 0.0483. The molecule has 0 aliphatic carbocycles. The molecule has 0 amide bonds. The van der Waals surface area contributed by atoms with Crippen LogP contribution in [-0.4, -0.2) is 74.1 Å². The van der Waals surface area contributed by atoms with Crippen LogP contribution in [0, 0.1) is 13.8 Å². The summed E-state index contributed by atoms with van der Waals surface area (Å²) in [5, 5.41) is 20.0. The number of benzene rings is 7. The van der Waals surface area contributed by atoms with Crippen LogP contribution in [0.4, 0.5) is 22.7 Å². The van der Waals surface area contributed by atoms with Crippen molar-refractivity contribution in [1.29, 1.82) is 0 Å². The Labute approximate surface area is 364 Å². The van der Waals surface area contributed by atoms with Crippen LogP contribution in [0.5, 0.6) is 11.5 Å². The summed E-state index contributed by atoms with van der Waals surface area (Å²) in [4.78, 5) is -1.90. The summed E-state index contributed by atoms with van der Waals surface area (Å²) in [5.41, 5.74) is 20.9. The molecule has 59 heavy (non-hydrogen) atoms. The van der Waals surface area contributed by atoms with Crippen molar-refractivity contribution < 1.29 is 44.6 Å². The minimum absolute atomic E-state index is 0. The van der Waals surface area contributed by atoms with Gasteiger partial charge < -0.3 is 33.6 Å². The van der Waals surface area contributed by atoms with E-state index in [0.717, 1.165) is 34.8 Å². The molecule has 19 heteroatoms. The standard InChI is InChI=1S/C20H15NO10S3.2C7H9N.C6H7N.H3N.Na/c22-13-3-1-12-8-14(4-2-11(12)7-13)32(24,25)21-17-5-6-19(34(29,30)31)16-9-15(33(26,27)28)10-18(23)20(16)17;1-6-2-4-7(8)5-3-6;1-6-4-2-3-5-7(6)8;7-6-4-2-1-3-5-6;;/h1-10,21-23H,(H,26,27,28)(H,29,30,31);2*2-5H,8H2,1H3;1-5H,7H2;1H3;. The maximum absolute atomic E-state index is 13.0. The van der Waals surface area contributed by atoms with Crippen molar-refractivity contribution in [2.45, 2.75) is 28.5 Å². The largest absolute Gasteiger partial charge is 0.508 e. The molecule has 0 unspecified atom stereocenters. The Morgan fingerprint density at radius 1 is 0.559 bits per heavy atom. The number of fused-ring (bicyclic) bond motifs is 2. The third-order valence-corrected chi connectivity index (χ3v) is 11.1. The molecule has 0 spiro atoms. The molecule has 0 bridgehead atoms. The first-order valence-electron chi connectivity index (χ1n) is 16.6. The van der Waals surface area contributed by atoms with Crippen molar-refractivity contribution in [2.75, 3.05) is 21.9 Å². The number of para-hydroxylation sites is 2. The molecule has 7 aromatic carbocycles. The zero-order chi connectivity index (χ0) is 42.1. The van der Waals surface area contributed by atoms with Gasteiger partial charge in [0, 0.05) is 63.5 Å². The molecule has 0 atom stereocenters. The number of rotatable bonds is 5. The van der Waals surface area contributed by atoms with E-state index in [4.69, 9.17) is 17.2 Å². The van der Waals surface area contributed by atoms with Crippen molar-refractivity contribution in [3.63, 3.8) is 0 Å². The number of nitrogen functional groups attached to an aromatic ring is 3. The fraction of sp³-hybridized carbons (Fsp3) is 0.0500. The number of nitrogens with one attached hydrogen (secondary N) is 1. The maximum atomic E-state index is 13.0. The molecule has 0 heterocycles. The van der Waals surface area contributed by atoms with E-state index in [-0.39, 0.29) is 52.0 Å². The van der Waals surface area contributed by atoms with Crippen molar-refractivity contribution in [1.82, 2.24) is 6.15 Å². The number of anilines is 4. The van der Waals surface area contributed by atoms with Crippen LogP contribution in [0.2, 0.25) is 0 Å². The van der Waals surface area contributed by atoms with Crippen LogP contribution in [0.3, 0.4) is 0 Å². The third kappa shape index (κ3) is 14.1. The Morgan fingerprint density at radius 3 is 1.63 bits per heavy atom.